The second kappa shape index (κ2) is 3.64. The first kappa shape index (κ1) is 10.5. The van der Waals surface area contributed by atoms with Gasteiger partial charge in [-0.2, -0.15) is 5.26 Å². The number of carboxylic acids is 1. The van der Waals surface area contributed by atoms with Crippen LogP contribution in [-0.2, 0) is 0 Å². The van der Waals surface area contributed by atoms with Crippen molar-refractivity contribution >= 4 is 17.6 Å². The van der Waals surface area contributed by atoms with Gasteiger partial charge in [-0.1, -0.05) is 11.6 Å². The Bertz CT molecular complexity index is 449. The molecule has 0 bridgehead atoms. The highest BCUT2D eigenvalue weighted by Crippen LogP contribution is 2.22. The number of aromatic carboxylic acids is 1. The lowest BCUT2D eigenvalue weighted by molar-refractivity contribution is 0.0689. The minimum atomic E-state index is -1.14. The van der Waals surface area contributed by atoms with E-state index in [2.05, 4.69) is 4.98 Å². The summed E-state index contributed by atoms with van der Waals surface area (Å²) < 4.78 is 0. The van der Waals surface area contributed by atoms with E-state index in [0.29, 0.717) is 11.1 Å². The summed E-state index contributed by atoms with van der Waals surface area (Å²) >= 11 is 5.65. The molecular formula is C9H7ClN2O2. The summed E-state index contributed by atoms with van der Waals surface area (Å²) in [5.74, 6) is -1.14. The molecule has 0 saturated heterocycles. The normalized spacial score (nSPS) is 9.57. The zero-order valence-corrected chi connectivity index (χ0v) is 8.38. The van der Waals surface area contributed by atoms with Crippen LogP contribution in [0, 0.1) is 25.2 Å². The van der Waals surface area contributed by atoms with Gasteiger partial charge in [0.2, 0.25) is 0 Å². The van der Waals surface area contributed by atoms with Crippen molar-refractivity contribution in [3.63, 3.8) is 0 Å². The van der Waals surface area contributed by atoms with Crippen LogP contribution in [0.4, 0.5) is 0 Å². The van der Waals surface area contributed by atoms with Crippen molar-refractivity contribution in [2.45, 2.75) is 13.8 Å². The molecule has 14 heavy (non-hydrogen) atoms. The second-order valence-corrected chi connectivity index (χ2v) is 3.15. The summed E-state index contributed by atoms with van der Waals surface area (Å²) in [6.07, 6.45) is 0. The monoisotopic (exact) mass is 210 g/mol. The third-order valence-corrected chi connectivity index (χ3v) is 2.30. The predicted molar refractivity (Wildman–Crippen MR) is 50.4 cm³/mol. The fourth-order valence-corrected chi connectivity index (χ4v) is 1.36. The summed E-state index contributed by atoms with van der Waals surface area (Å²) in [4.78, 5) is 14.4. The molecule has 72 valence electrons. The largest absolute Gasteiger partial charge is 0.477 e. The van der Waals surface area contributed by atoms with E-state index in [9.17, 15) is 4.79 Å². The first-order valence-electron chi connectivity index (χ1n) is 3.79. The lowest BCUT2D eigenvalue weighted by Crippen LogP contribution is -2.07. The van der Waals surface area contributed by atoms with E-state index in [-0.39, 0.29) is 16.4 Å². The van der Waals surface area contributed by atoms with Crippen LogP contribution in [0.3, 0.4) is 0 Å². The third-order valence-electron chi connectivity index (χ3n) is 2.02. The molecule has 0 saturated carbocycles. The topological polar surface area (TPSA) is 74.0 Å². The van der Waals surface area contributed by atoms with Crippen LogP contribution >= 0.6 is 11.6 Å². The van der Waals surface area contributed by atoms with Crippen molar-refractivity contribution < 1.29 is 9.90 Å². The van der Waals surface area contributed by atoms with Crippen molar-refractivity contribution in [2.75, 3.05) is 0 Å². The minimum absolute atomic E-state index is 0.0620. The fraction of sp³-hybridized carbons (Fsp3) is 0.222. The molecular weight excluding hydrogens is 204 g/mol. The maximum atomic E-state index is 10.7. The van der Waals surface area contributed by atoms with Crippen LogP contribution in [0.25, 0.3) is 0 Å². The molecule has 1 N–H and O–H groups in total. The number of rotatable bonds is 1. The molecule has 5 heteroatoms. The zero-order chi connectivity index (χ0) is 10.9. The van der Waals surface area contributed by atoms with E-state index in [0.717, 1.165) is 0 Å². The Kier molecular flexibility index (Phi) is 2.73. The van der Waals surface area contributed by atoms with Crippen LogP contribution in [0.1, 0.15) is 27.2 Å². The SMILES string of the molecule is Cc1c(C(=O)O)nc(Cl)c(C#N)c1C. The summed E-state index contributed by atoms with van der Waals surface area (Å²) in [6.45, 7) is 3.25. The van der Waals surface area contributed by atoms with Crippen molar-refractivity contribution in [2.24, 2.45) is 0 Å². The fourth-order valence-electron chi connectivity index (χ4n) is 1.10. The Labute approximate surface area is 85.8 Å². The summed E-state index contributed by atoms with van der Waals surface area (Å²) in [7, 11) is 0. The van der Waals surface area contributed by atoms with Crippen molar-refractivity contribution in [1.82, 2.24) is 4.98 Å². The van der Waals surface area contributed by atoms with Crippen molar-refractivity contribution in [1.29, 1.82) is 5.26 Å². The third kappa shape index (κ3) is 1.54. The number of carboxylic acid groups (broad SMARTS) is 1. The van der Waals surface area contributed by atoms with Gasteiger partial charge in [-0.3, -0.25) is 0 Å². The molecule has 0 aliphatic rings. The highest BCUT2D eigenvalue weighted by Gasteiger charge is 2.16. The molecule has 1 heterocycles. The molecule has 0 fully saturated rings. The summed E-state index contributed by atoms with van der Waals surface area (Å²) in [5.41, 5.74) is 1.16. The average molecular weight is 211 g/mol. The summed E-state index contributed by atoms with van der Waals surface area (Å²) in [6, 6.07) is 1.88. The van der Waals surface area contributed by atoms with E-state index in [1.54, 1.807) is 13.8 Å². The Morgan fingerprint density at radius 3 is 2.50 bits per heavy atom. The van der Waals surface area contributed by atoms with E-state index >= 15 is 0 Å². The first-order chi connectivity index (χ1) is 6.49. The minimum Gasteiger partial charge on any atom is -0.477 e. The quantitative estimate of drug-likeness (QED) is 0.719. The average Bonchev–Trinajstić information content (AvgIpc) is 2.12. The molecule has 0 unspecified atom stereocenters. The highest BCUT2D eigenvalue weighted by molar-refractivity contribution is 6.30. The molecule has 1 rings (SSSR count). The van der Waals surface area contributed by atoms with Gasteiger partial charge in [0.05, 0.1) is 5.56 Å². The highest BCUT2D eigenvalue weighted by atomic mass is 35.5. The van der Waals surface area contributed by atoms with E-state index in [4.69, 9.17) is 22.0 Å². The molecule has 4 nitrogen and oxygen atoms in total. The van der Waals surface area contributed by atoms with Crippen LogP contribution in [-0.4, -0.2) is 16.1 Å². The van der Waals surface area contributed by atoms with Gasteiger partial charge in [0, 0.05) is 0 Å². The van der Waals surface area contributed by atoms with Crippen LogP contribution in [0.2, 0.25) is 5.15 Å². The van der Waals surface area contributed by atoms with E-state index in [1.807, 2.05) is 6.07 Å². The molecule has 1 aromatic rings. The lowest BCUT2D eigenvalue weighted by atomic mass is 10.0. The number of hydrogen-bond donors (Lipinski definition) is 1. The van der Waals surface area contributed by atoms with Crippen LogP contribution < -0.4 is 0 Å². The molecule has 0 spiro atoms. The molecule has 0 atom stereocenters. The zero-order valence-electron chi connectivity index (χ0n) is 7.63. The summed E-state index contributed by atoms with van der Waals surface area (Å²) in [5, 5.41) is 17.4. The Balaban J connectivity index is 3.58. The smallest absolute Gasteiger partial charge is 0.354 e. The van der Waals surface area contributed by atoms with Crippen molar-refractivity contribution in [3.05, 3.63) is 27.5 Å². The first-order valence-corrected chi connectivity index (χ1v) is 4.17. The number of nitrogens with zero attached hydrogens (tertiary/aromatic N) is 2. The van der Waals surface area contributed by atoms with E-state index in [1.165, 1.54) is 0 Å². The number of nitriles is 1. The number of halogens is 1. The Morgan fingerprint density at radius 1 is 1.50 bits per heavy atom. The molecule has 1 aromatic heterocycles. The van der Waals surface area contributed by atoms with Gasteiger partial charge in [0.25, 0.3) is 0 Å². The molecule has 0 aromatic carbocycles. The van der Waals surface area contributed by atoms with Crippen molar-refractivity contribution in [3.8, 4) is 6.07 Å². The number of pyridine rings is 1. The van der Waals surface area contributed by atoms with Crippen LogP contribution in [0.5, 0.6) is 0 Å². The predicted octanol–water partition coefficient (Wildman–Crippen LogP) is 1.92. The van der Waals surface area contributed by atoms with Gasteiger partial charge in [-0.05, 0) is 25.0 Å². The number of hydrogen-bond acceptors (Lipinski definition) is 3. The van der Waals surface area contributed by atoms with Crippen LogP contribution in [0.15, 0.2) is 0 Å². The lowest BCUT2D eigenvalue weighted by Gasteiger charge is -2.06. The molecule has 0 radical (unpaired) electrons. The van der Waals surface area contributed by atoms with E-state index < -0.39 is 5.97 Å². The van der Waals surface area contributed by atoms with Gasteiger partial charge >= 0.3 is 5.97 Å². The Morgan fingerprint density at radius 2 is 2.07 bits per heavy atom. The number of aromatic nitrogens is 1. The van der Waals surface area contributed by atoms with Gasteiger partial charge < -0.3 is 5.11 Å². The maximum Gasteiger partial charge on any atom is 0.354 e. The Hall–Kier alpha value is -1.60. The second-order valence-electron chi connectivity index (χ2n) is 2.79. The van der Waals surface area contributed by atoms with Gasteiger partial charge in [0.15, 0.2) is 5.69 Å². The molecule has 0 aliphatic heterocycles. The molecule has 0 amide bonds. The van der Waals surface area contributed by atoms with Gasteiger partial charge in [0.1, 0.15) is 11.2 Å². The number of carbonyl (C=O) groups is 1. The molecule has 0 aliphatic carbocycles. The van der Waals surface area contributed by atoms with Gasteiger partial charge in [-0.25, -0.2) is 9.78 Å². The standard InChI is InChI=1S/C9H7ClN2O2/c1-4-5(2)7(9(13)14)12-8(10)6(4)3-11/h1-2H3,(H,13,14). The maximum absolute atomic E-state index is 10.7. The van der Waals surface area contributed by atoms with Gasteiger partial charge in [-0.15, -0.1) is 0 Å².